The lowest BCUT2D eigenvalue weighted by Gasteiger charge is -2.40. The topological polar surface area (TPSA) is 47.3 Å². The lowest BCUT2D eigenvalue weighted by molar-refractivity contribution is -0.0838. The van der Waals surface area contributed by atoms with Crippen molar-refractivity contribution in [2.75, 3.05) is 29.6 Å². The second-order valence-electron chi connectivity index (χ2n) is 5.44. The number of thioether (sulfide) groups is 2. The molecule has 3 nitrogen and oxygen atoms in total. The van der Waals surface area contributed by atoms with Gasteiger partial charge in [0.05, 0.1) is 5.60 Å². The van der Waals surface area contributed by atoms with Crippen molar-refractivity contribution in [3.8, 4) is 0 Å². The molecule has 2 aliphatic rings. The van der Waals surface area contributed by atoms with Crippen molar-refractivity contribution in [3.63, 3.8) is 0 Å². The first kappa shape index (κ1) is 15.0. The highest BCUT2D eigenvalue weighted by atomic mass is 32.2. The van der Waals surface area contributed by atoms with Gasteiger partial charge in [-0.25, -0.2) is 0 Å². The van der Waals surface area contributed by atoms with Gasteiger partial charge in [-0.2, -0.15) is 23.5 Å². The Labute approximate surface area is 119 Å². The Kier molecular flexibility index (Phi) is 6.15. The maximum atomic E-state index is 6.08. The van der Waals surface area contributed by atoms with Crippen LogP contribution >= 0.6 is 23.5 Å². The Morgan fingerprint density at radius 1 is 1.61 bits per heavy atom. The van der Waals surface area contributed by atoms with E-state index in [9.17, 15) is 0 Å². The molecular formula is C13H26N2OS2. The predicted octanol–water partition coefficient (Wildman–Crippen LogP) is 2.26. The highest BCUT2D eigenvalue weighted by Gasteiger charge is 2.42. The molecule has 18 heavy (non-hydrogen) atoms. The SMILES string of the molecule is CCCSCC(NN)C1CCOC2(CCSC2)C1. The van der Waals surface area contributed by atoms with E-state index < -0.39 is 0 Å². The fraction of sp³-hybridized carbons (Fsp3) is 1.00. The Bertz CT molecular complexity index is 247. The zero-order valence-electron chi connectivity index (χ0n) is 11.3. The molecule has 1 spiro atoms. The Morgan fingerprint density at radius 3 is 3.17 bits per heavy atom. The van der Waals surface area contributed by atoms with Gasteiger partial charge in [0.2, 0.25) is 0 Å². The van der Waals surface area contributed by atoms with E-state index in [1.54, 1.807) is 0 Å². The van der Waals surface area contributed by atoms with Crippen LogP contribution in [0.25, 0.3) is 0 Å². The molecule has 0 aliphatic carbocycles. The molecule has 2 aliphatic heterocycles. The lowest BCUT2D eigenvalue weighted by atomic mass is 9.82. The summed E-state index contributed by atoms with van der Waals surface area (Å²) < 4.78 is 6.08. The maximum absolute atomic E-state index is 6.08. The molecule has 3 unspecified atom stereocenters. The van der Waals surface area contributed by atoms with Crippen LogP contribution < -0.4 is 11.3 Å². The summed E-state index contributed by atoms with van der Waals surface area (Å²) in [7, 11) is 0. The number of nitrogens with two attached hydrogens (primary N) is 1. The van der Waals surface area contributed by atoms with Crippen molar-refractivity contribution in [1.82, 2.24) is 5.43 Å². The van der Waals surface area contributed by atoms with Gasteiger partial charge in [-0.15, -0.1) is 0 Å². The number of hydrogen-bond acceptors (Lipinski definition) is 5. The molecule has 0 aromatic carbocycles. The summed E-state index contributed by atoms with van der Waals surface area (Å²) in [5.74, 6) is 11.3. The average Bonchev–Trinajstić information content (AvgIpc) is 2.83. The summed E-state index contributed by atoms with van der Waals surface area (Å²) in [6, 6.07) is 0.452. The minimum Gasteiger partial charge on any atom is -0.374 e. The highest BCUT2D eigenvalue weighted by Crippen LogP contribution is 2.41. The largest absolute Gasteiger partial charge is 0.374 e. The number of ether oxygens (including phenoxy) is 1. The zero-order chi connectivity index (χ0) is 12.8. The molecular weight excluding hydrogens is 264 g/mol. The molecule has 2 heterocycles. The Hall–Kier alpha value is 0.580. The fourth-order valence-electron chi connectivity index (χ4n) is 2.95. The van der Waals surface area contributed by atoms with Crippen molar-refractivity contribution < 1.29 is 4.74 Å². The molecule has 2 saturated heterocycles. The van der Waals surface area contributed by atoms with Crippen molar-refractivity contribution in [1.29, 1.82) is 0 Å². The van der Waals surface area contributed by atoms with Crippen LogP contribution in [0.1, 0.15) is 32.6 Å². The van der Waals surface area contributed by atoms with Gasteiger partial charge in [0.1, 0.15) is 0 Å². The monoisotopic (exact) mass is 290 g/mol. The van der Waals surface area contributed by atoms with Crippen LogP contribution in [0, 0.1) is 5.92 Å². The van der Waals surface area contributed by atoms with Crippen LogP contribution in [0.3, 0.4) is 0 Å². The molecule has 0 bridgehead atoms. The number of nitrogens with one attached hydrogen (secondary N) is 1. The van der Waals surface area contributed by atoms with E-state index in [-0.39, 0.29) is 5.60 Å². The van der Waals surface area contributed by atoms with Crippen LogP contribution in [0.5, 0.6) is 0 Å². The first-order valence-corrected chi connectivity index (χ1v) is 9.36. The molecule has 0 aromatic rings. The average molecular weight is 290 g/mol. The summed E-state index contributed by atoms with van der Waals surface area (Å²) in [5.41, 5.74) is 3.23. The fourth-order valence-corrected chi connectivity index (χ4v) is 5.40. The van der Waals surface area contributed by atoms with E-state index in [2.05, 4.69) is 12.3 Å². The molecule has 0 radical (unpaired) electrons. The maximum Gasteiger partial charge on any atom is 0.0783 e. The van der Waals surface area contributed by atoms with Gasteiger partial charge in [-0.05, 0) is 43.1 Å². The molecule has 2 fully saturated rings. The van der Waals surface area contributed by atoms with E-state index in [4.69, 9.17) is 10.6 Å². The van der Waals surface area contributed by atoms with E-state index in [0.29, 0.717) is 12.0 Å². The summed E-state index contributed by atoms with van der Waals surface area (Å²) in [5, 5.41) is 0. The first-order valence-electron chi connectivity index (χ1n) is 7.05. The third-order valence-electron chi connectivity index (χ3n) is 4.03. The van der Waals surface area contributed by atoms with Crippen LogP contribution in [-0.4, -0.2) is 41.3 Å². The van der Waals surface area contributed by atoms with E-state index >= 15 is 0 Å². The van der Waals surface area contributed by atoms with E-state index in [1.165, 1.54) is 36.5 Å². The normalized spacial score (nSPS) is 34.0. The van der Waals surface area contributed by atoms with Gasteiger partial charge in [-0.1, -0.05) is 6.92 Å². The molecule has 106 valence electrons. The minimum absolute atomic E-state index is 0.179. The number of hydrazine groups is 1. The minimum atomic E-state index is 0.179. The third kappa shape index (κ3) is 3.79. The van der Waals surface area contributed by atoms with Gasteiger partial charge in [0, 0.05) is 24.2 Å². The quantitative estimate of drug-likeness (QED) is 0.446. The molecule has 0 saturated carbocycles. The van der Waals surface area contributed by atoms with Gasteiger partial charge in [0.25, 0.3) is 0 Å². The first-order chi connectivity index (χ1) is 8.79. The number of rotatable bonds is 6. The number of hydrogen-bond donors (Lipinski definition) is 2. The molecule has 3 N–H and O–H groups in total. The summed E-state index contributed by atoms with van der Waals surface area (Å²) in [6.07, 6.45) is 4.83. The smallest absolute Gasteiger partial charge is 0.0783 e. The Balaban J connectivity index is 1.85. The van der Waals surface area contributed by atoms with Crippen molar-refractivity contribution in [2.45, 2.75) is 44.2 Å². The van der Waals surface area contributed by atoms with Gasteiger partial charge in [-0.3, -0.25) is 11.3 Å². The molecule has 2 rings (SSSR count). The Morgan fingerprint density at radius 2 is 2.50 bits per heavy atom. The van der Waals surface area contributed by atoms with Crippen LogP contribution in [-0.2, 0) is 4.74 Å². The van der Waals surface area contributed by atoms with E-state index in [1.807, 2.05) is 23.5 Å². The van der Waals surface area contributed by atoms with Crippen LogP contribution in [0.4, 0.5) is 0 Å². The van der Waals surface area contributed by atoms with Crippen molar-refractivity contribution >= 4 is 23.5 Å². The summed E-state index contributed by atoms with van der Waals surface area (Å²) >= 11 is 4.06. The van der Waals surface area contributed by atoms with Gasteiger partial charge >= 0.3 is 0 Å². The van der Waals surface area contributed by atoms with Gasteiger partial charge in [0.15, 0.2) is 0 Å². The summed E-state index contributed by atoms with van der Waals surface area (Å²) in [6.45, 7) is 3.15. The van der Waals surface area contributed by atoms with E-state index in [0.717, 1.165) is 18.8 Å². The molecule has 3 atom stereocenters. The van der Waals surface area contributed by atoms with Gasteiger partial charge < -0.3 is 4.74 Å². The second-order valence-corrected chi connectivity index (χ2v) is 7.69. The van der Waals surface area contributed by atoms with Crippen molar-refractivity contribution in [2.24, 2.45) is 11.8 Å². The highest BCUT2D eigenvalue weighted by molar-refractivity contribution is 7.99. The van der Waals surface area contributed by atoms with Crippen LogP contribution in [0.2, 0.25) is 0 Å². The summed E-state index contributed by atoms with van der Waals surface area (Å²) in [4.78, 5) is 0. The third-order valence-corrected chi connectivity index (χ3v) is 6.54. The predicted molar refractivity (Wildman–Crippen MR) is 82.1 cm³/mol. The lowest BCUT2D eigenvalue weighted by Crippen LogP contribution is -2.50. The molecule has 5 heteroatoms. The van der Waals surface area contributed by atoms with Crippen LogP contribution in [0.15, 0.2) is 0 Å². The second kappa shape index (κ2) is 7.39. The standard InChI is InChI=1S/C13H26N2OS2/c1-2-6-17-9-12(15-14)11-3-5-16-13(8-11)4-7-18-10-13/h11-12,15H,2-10,14H2,1H3. The molecule has 0 amide bonds. The zero-order valence-corrected chi connectivity index (χ0v) is 13.0. The molecule has 0 aromatic heterocycles. The van der Waals surface area contributed by atoms with Crippen molar-refractivity contribution in [3.05, 3.63) is 0 Å².